The number of ether oxygens (including phenoxy) is 2. The number of hydrogen-bond acceptors (Lipinski definition) is 3. The number of Topliss-reactive ketones (excluding diaryl/α,β-unsaturated/α-hetero) is 1. The molecular weight excluding hydrogens is 204 g/mol. The summed E-state index contributed by atoms with van der Waals surface area (Å²) in [6.45, 7) is 3.64. The summed E-state index contributed by atoms with van der Waals surface area (Å²) < 4.78 is 10.5. The quantitative estimate of drug-likeness (QED) is 0.640. The van der Waals surface area contributed by atoms with E-state index < -0.39 is 0 Å². The van der Waals surface area contributed by atoms with E-state index >= 15 is 0 Å². The third-order valence-electron chi connectivity index (χ3n) is 3.03. The Morgan fingerprint density at radius 1 is 1.56 bits per heavy atom. The Bertz CT molecular complexity index is 197. The molecule has 16 heavy (non-hydrogen) atoms. The lowest BCUT2D eigenvalue weighted by atomic mass is 10.0. The fraction of sp³-hybridized carbons (Fsp3) is 0.923. The molecule has 1 saturated heterocycles. The van der Waals surface area contributed by atoms with E-state index in [2.05, 4.69) is 6.92 Å². The van der Waals surface area contributed by atoms with Crippen LogP contribution in [0.2, 0.25) is 0 Å². The highest BCUT2D eigenvalue weighted by molar-refractivity contribution is 5.78. The summed E-state index contributed by atoms with van der Waals surface area (Å²) in [6, 6.07) is 0. The van der Waals surface area contributed by atoms with Crippen molar-refractivity contribution in [3.8, 4) is 0 Å². The highest BCUT2D eigenvalue weighted by atomic mass is 16.5. The summed E-state index contributed by atoms with van der Waals surface area (Å²) in [4.78, 5) is 11.6. The second-order valence-corrected chi connectivity index (χ2v) is 4.83. The Morgan fingerprint density at radius 2 is 2.38 bits per heavy atom. The predicted octanol–water partition coefficient (Wildman–Crippen LogP) is 2.58. The first-order valence-electron chi connectivity index (χ1n) is 6.34. The molecule has 1 fully saturated rings. The van der Waals surface area contributed by atoms with Gasteiger partial charge in [0.2, 0.25) is 0 Å². The number of methoxy groups -OCH3 is 1. The summed E-state index contributed by atoms with van der Waals surface area (Å²) in [5.41, 5.74) is 0. The topological polar surface area (TPSA) is 35.5 Å². The normalized spacial score (nSPS) is 22.2. The Balaban J connectivity index is 2.01. The van der Waals surface area contributed by atoms with Gasteiger partial charge in [-0.1, -0.05) is 6.92 Å². The lowest BCUT2D eigenvalue weighted by Crippen LogP contribution is -2.11. The molecule has 1 aliphatic rings. The van der Waals surface area contributed by atoms with Crippen LogP contribution in [0.1, 0.15) is 45.4 Å². The van der Waals surface area contributed by atoms with E-state index in [1.807, 2.05) is 0 Å². The van der Waals surface area contributed by atoms with Gasteiger partial charge in [-0.15, -0.1) is 0 Å². The minimum absolute atomic E-state index is 0.347. The van der Waals surface area contributed by atoms with E-state index in [-0.39, 0.29) is 0 Å². The van der Waals surface area contributed by atoms with Crippen molar-refractivity contribution < 1.29 is 14.3 Å². The van der Waals surface area contributed by atoms with Gasteiger partial charge >= 0.3 is 0 Å². The van der Waals surface area contributed by atoms with Crippen LogP contribution in [0.15, 0.2) is 0 Å². The van der Waals surface area contributed by atoms with E-state index in [1.165, 1.54) is 12.8 Å². The van der Waals surface area contributed by atoms with Crippen LogP contribution in [0, 0.1) is 5.92 Å². The third kappa shape index (κ3) is 5.61. The molecule has 0 radical (unpaired) electrons. The molecule has 94 valence electrons. The SMILES string of the molecule is COCC(C)CC(=O)CCCC1CCCO1. The number of ketones is 1. The monoisotopic (exact) mass is 228 g/mol. The molecule has 3 nitrogen and oxygen atoms in total. The molecule has 0 aromatic carbocycles. The van der Waals surface area contributed by atoms with Gasteiger partial charge in [0.05, 0.1) is 6.10 Å². The molecule has 0 N–H and O–H groups in total. The Hall–Kier alpha value is -0.410. The Labute approximate surface area is 98.5 Å². The van der Waals surface area contributed by atoms with Crippen LogP contribution in [-0.2, 0) is 14.3 Å². The van der Waals surface area contributed by atoms with E-state index in [4.69, 9.17) is 9.47 Å². The minimum Gasteiger partial charge on any atom is -0.384 e. The zero-order valence-corrected chi connectivity index (χ0v) is 10.5. The largest absolute Gasteiger partial charge is 0.384 e. The summed E-state index contributed by atoms with van der Waals surface area (Å²) in [6.07, 6.45) is 6.16. The summed E-state index contributed by atoms with van der Waals surface area (Å²) in [7, 11) is 1.68. The van der Waals surface area contributed by atoms with Gasteiger partial charge in [0.25, 0.3) is 0 Å². The fourth-order valence-corrected chi connectivity index (χ4v) is 2.23. The summed E-state index contributed by atoms with van der Waals surface area (Å²) in [5.74, 6) is 0.711. The first-order chi connectivity index (χ1) is 7.72. The molecule has 1 heterocycles. The van der Waals surface area contributed by atoms with Crippen molar-refractivity contribution in [1.29, 1.82) is 0 Å². The fourth-order valence-electron chi connectivity index (χ4n) is 2.23. The van der Waals surface area contributed by atoms with Crippen molar-refractivity contribution in [1.82, 2.24) is 0 Å². The Morgan fingerprint density at radius 3 is 3.00 bits per heavy atom. The highest BCUT2D eigenvalue weighted by Crippen LogP contribution is 2.18. The average Bonchev–Trinajstić information content (AvgIpc) is 2.70. The van der Waals surface area contributed by atoms with Gasteiger partial charge in [-0.3, -0.25) is 4.79 Å². The average molecular weight is 228 g/mol. The number of hydrogen-bond donors (Lipinski definition) is 0. The van der Waals surface area contributed by atoms with E-state index in [1.54, 1.807) is 7.11 Å². The molecule has 3 heteroatoms. The predicted molar refractivity (Wildman–Crippen MR) is 63.5 cm³/mol. The summed E-state index contributed by atoms with van der Waals surface area (Å²) >= 11 is 0. The molecule has 0 aromatic heterocycles. The maximum Gasteiger partial charge on any atom is 0.133 e. The standard InChI is InChI=1S/C13H24O3/c1-11(10-15-2)9-12(14)5-3-6-13-7-4-8-16-13/h11,13H,3-10H2,1-2H3. The van der Waals surface area contributed by atoms with Gasteiger partial charge in [-0.2, -0.15) is 0 Å². The zero-order chi connectivity index (χ0) is 11.8. The van der Waals surface area contributed by atoms with Crippen LogP contribution in [0.3, 0.4) is 0 Å². The maximum atomic E-state index is 11.6. The van der Waals surface area contributed by atoms with Crippen LogP contribution in [0.25, 0.3) is 0 Å². The number of rotatable bonds is 8. The van der Waals surface area contributed by atoms with Crippen LogP contribution in [-0.4, -0.2) is 32.2 Å². The smallest absolute Gasteiger partial charge is 0.133 e. The first kappa shape index (κ1) is 13.7. The highest BCUT2D eigenvalue weighted by Gasteiger charge is 2.16. The molecular formula is C13H24O3. The maximum absolute atomic E-state index is 11.6. The molecule has 0 spiro atoms. The Kier molecular flexibility index (Phi) is 6.65. The minimum atomic E-state index is 0.347. The van der Waals surface area contributed by atoms with E-state index in [0.29, 0.717) is 37.3 Å². The van der Waals surface area contributed by atoms with Crippen LogP contribution < -0.4 is 0 Å². The second kappa shape index (κ2) is 7.80. The molecule has 0 aromatic rings. The van der Waals surface area contributed by atoms with Crippen LogP contribution >= 0.6 is 0 Å². The molecule has 0 aliphatic carbocycles. The van der Waals surface area contributed by atoms with E-state index in [9.17, 15) is 4.79 Å². The van der Waals surface area contributed by atoms with Crippen molar-refractivity contribution in [3.63, 3.8) is 0 Å². The van der Waals surface area contributed by atoms with E-state index in [0.717, 1.165) is 19.4 Å². The molecule has 1 rings (SSSR count). The molecule has 1 aliphatic heterocycles. The van der Waals surface area contributed by atoms with Gasteiger partial charge in [0, 0.05) is 33.2 Å². The van der Waals surface area contributed by atoms with Gasteiger partial charge in [0.1, 0.15) is 5.78 Å². The third-order valence-corrected chi connectivity index (χ3v) is 3.03. The lowest BCUT2D eigenvalue weighted by molar-refractivity contribution is -0.120. The number of carbonyl (C=O) groups is 1. The van der Waals surface area contributed by atoms with Gasteiger partial charge in [0.15, 0.2) is 0 Å². The molecule has 2 unspecified atom stereocenters. The summed E-state index contributed by atoms with van der Waals surface area (Å²) in [5, 5.41) is 0. The van der Waals surface area contributed by atoms with Crippen LogP contribution in [0.5, 0.6) is 0 Å². The molecule has 2 atom stereocenters. The van der Waals surface area contributed by atoms with Gasteiger partial charge in [-0.25, -0.2) is 0 Å². The van der Waals surface area contributed by atoms with Crippen molar-refractivity contribution in [3.05, 3.63) is 0 Å². The number of carbonyl (C=O) groups excluding carboxylic acids is 1. The van der Waals surface area contributed by atoms with Crippen molar-refractivity contribution in [2.45, 2.75) is 51.6 Å². The van der Waals surface area contributed by atoms with Crippen molar-refractivity contribution >= 4 is 5.78 Å². The molecule has 0 amide bonds. The lowest BCUT2D eigenvalue weighted by Gasteiger charge is -2.10. The zero-order valence-electron chi connectivity index (χ0n) is 10.5. The van der Waals surface area contributed by atoms with Crippen molar-refractivity contribution in [2.24, 2.45) is 5.92 Å². The van der Waals surface area contributed by atoms with Gasteiger partial charge in [-0.05, 0) is 31.6 Å². The van der Waals surface area contributed by atoms with Gasteiger partial charge < -0.3 is 9.47 Å². The molecule has 0 bridgehead atoms. The molecule has 0 saturated carbocycles. The second-order valence-electron chi connectivity index (χ2n) is 4.83. The van der Waals surface area contributed by atoms with Crippen molar-refractivity contribution in [2.75, 3.05) is 20.3 Å². The van der Waals surface area contributed by atoms with Crippen LogP contribution in [0.4, 0.5) is 0 Å². The first-order valence-corrected chi connectivity index (χ1v) is 6.34.